The summed E-state index contributed by atoms with van der Waals surface area (Å²) in [6.45, 7) is 1.59. The molecule has 6 nitrogen and oxygen atoms in total. The number of rotatable bonds is 3. The minimum Gasteiger partial charge on any atom is -0.341 e. The van der Waals surface area contributed by atoms with Gasteiger partial charge in [0.05, 0.1) is 0 Å². The highest BCUT2D eigenvalue weighted by Gasteiger charge is 2.22. The molecule has 1 aliphatic heterocycles. The molecule has 98 valence electrons. The fourth-order valence-electron chi connectivity index (χ4n) is 1.64. The lowest BCUT2D eigenvalue weighted by Crippen LogP contribution is -2.28. The Balaban J connectivity index is 2.17. The van der Waals surface area contributed by atoms with Crippen molar-refractivity contribution in [3.8, 4) is 0 Å². The molecule has 1 heterocycles. The van der Waals surface area contributed by atoms with Gasteiger partial charge in [0.1, 0.15) is 4.90 Å². The maximum Gasteiger partial charge on any atom is 0.358 e. The standard InChI is InChI=1S/C11H15N3O3S/c1-13-8-9-14(2)11(13)12-17-18(15,16)10-6-4-3-5-7-10/h3-7H,8-9H2,1-2H3. The molecule has 0 amide bonds. The number of guanidine groups is 1. The van der Waals surface area contributed by atoms with Crippen LogP contribution in [0.2, 0.25) is 0 Å². The van der Waals surface area contributed by atoms with Crippen LogP contribution in [0.15, 0.2) is 40.4 Å². The molecule has 1 saturated heterocycles. The van der Waals surface area contributed by atoms with Gasteiger partial charge in [-0.1, -0.05) is 18.2 Å². The van der Waals surface area contributed by atoms with Gasteiger partial charge < -0.3 is 9.80 Å². The van der Waals surface area contributed by atoms with Gasteiger partial charge in [0, 0.05) is 27.2 Å². The summed E-state index contributed by atoms with van der Waals surface area (Å²) in [5.74, 6) is 0.509. The zero-order valence-electron chi connectivity index (χ0n) is 10.3. The molecule has 0 bridgehead atoms. The second kappa shape index (κ2) is 4.85. The Hall–Kier alpha value is -1.76. The van der Waals surface area contributed by atoms with Crippen molar-refractivity contribution in [2.75, 3.05) is 27.2 Å². The number of hydrogen-bond acceptors (Lipinski definition) is 4. The fourth-order valence-corrected chi connectivity index (χ4v) is 2.38. The van der Waals surface area contributed by atoms with Gasteiger partial charge >= 0.3 is 10.1 Å². The molecule has 1 fully saturated rings. The van der Waals surface area contributed by atoms with Crippen molar-refractivity contribution < 1.29 is 12.7 Å². The number of likely N-dealkylation sites (N-methyl/N-ethyl adjacent to an activating group) is 2. The highest BCUT2D eigenvalue weighted by Crippen LogP contribution is 2.13. The van der Waals surface area contributed by atoms with Crippen LogP contribution in [0.4, 0.5) is 0 Å². The minimum absolute atomic E-state index is 0.0950. The zero-order valence-corrected chi connectivity index (χ0v) is 11.1. The third kappa shape index (κ3) is 2.56. The third-order valence-corrected chi connectivity index (χ3v) is 3.82. The summed E-state index contributed by atoms with van der Waals surface area (Å²) in [6, 6.07) is 7.95. The third-order valence-electron chi connectivity index (χ3n) is 2.70. The molecule has 1 aromatic carbocycles. The second-order valence-electron chi connectivity index (χ2n) is 4.08. The first kappa shape index (κ1) is 12.7. The van der Waals surface area contributed by atoms with E-state index in [4.69, 9.17) is 4.28 Å². The first-order valence-corrected chi connectivity index (χ1v) is 6.90. The number of nitrogens with zero attached hydrogens (tertiary/aromatic N) is 3. The Labute approximate surface area is 107 Å². The predicted molar refractivity (Wildman–Crippen MR) is 67.4 cm³/mol. The van der Waals surface area contributed by atoms with Crippen molar-refractivity contribution in [3.05, 3.63) is 30.3 Å². The normalized spacial score (nSPS) is 16.0. The van der Waals surface area contributed by atoms with E-state index in [2.05, 4.69) is 5.16 Å². The Morgan fingerprint density at radius 3 is 2.22 bits per heavy atom. The van der Waals surface area contributed by atoms with E-state index < -0.39 is 10.1 Å². The first-order chi connectivity index (χ1) is 8.50. The van der Waals surface area contributed by atoms with Gasteiger partial charge in [-0.3, -0.25) is 4.28 Å². The van der Waals surface area contributed by atoms with E-state index in [0.717, 1.165) is 13.1 Å². The maximum absolute atomic E-state index is 11.8. The largest absolute Gasteiger partial charge is 0.358 e. The average Bonchev–Trinajstić information content (AvgIpc) is 2.68. The Morgan fingerprint density at radius 2 is 1.67 bits per heavy atom. The lowest BCUT2D eigenvalue weighted by atomic mass is 10.4. The minimum atomic E-state index is -3.84. The highest BCUT2D eigenvalue weighted by atomic mass is 32.2. The summed E-state index contributed by atoms with van der Waals surface area (Å²) in [6.07, 6.45) is 0. The fraction of sp³-hybridized carbons (Fsp3) is 0.364. The van der Waals surface area contributed by atoms with Crippen molar-refractivity contribution in [2.45, 2.75) is 4.90 Å². The van der Waals surface area contributed by atoms with Crippen LogP contribution < -0.4 is 0 Å². The van der Waals surface area contributed by atoms with Crippen molar-refractivity contribution >= 4 is 16.1 Å². The van der Waals surface area contributed by atoms with Crippen LogP contribution in [-0.4, -0.2) is 51.4 Å². The lowest BCUT2D eigenvalue weighted by molar-refractivity contribution is 0.323. The van der Waals surface area contributed by atoms with Gasteiger partial charge in [-0.2, -0.15) is 8.42 Å². The Bertz CT molecular complexity index is 530. The van der Waals surface area contributed by atoms with Gasteiger partial charge in [-0.05, 0) is 17.3 Å². The topological polar surface area (TPSA) is 62.2 Å². The van der Waals surface area contributed by atoms with Gasteiger partial charge in [-0.25, -0.2) is 0 Å². The molecule has 1 aliphatic rings. The molecule has 0 radical (unpaired) electrons. The van der Waals surface area contributed by atoms with Crippen molar-refractivity contribution in [3.63, 3.8) is 0 Å². The molecule has 0 spiro atoms. The van der Waals surface area contributed by atoms with Crippen LogP contribution in [-0.2, 0) is 14.4 Å². The van der Waals surface area contributed by atoms with Crippen LogP contribution >= 0.6 is 0 Å². The van der Waals surface area contributed by atoms with Crippen LogP contribution in [0.5, 0.6) is 0 Å². The van der Waals surface area contributed by atoms with E-state index in [0.29, 0.717) is 5.96 Å². The molecule has 18 heavy (non-hydrogen) atoms. The van der Waals surface area contributed by atoms with Crippen molar-refractivity contribution in [2.24, 2.45) is 5.16 Å². The molecular weight excluding hydrogens is 254 g/mol. The average molecular weight is 269 g/mol. The Kier molecular flexibility index (Phi) is 3.42. The number of hydrogen-bond donors (Lipinski definition) is 0. The maximum atomic E-state index is 11.8. The van der Waals surface area contributed by atoms with E-state index in [1.807, 2.05) is 23.9 Å². The molecule has 0 saturated carbocycles. The van der Waals surface area contributed by atoms with E-state index in [9.17, 15) is 8.42 Å². The van der Waals surface area contributed by atoms with Crippen LogP contribution in [0.3, 0.4) is 0 Å². The SMILES string of the molecule is CN1CCN(C)C1=NOS(=O)(=O)c1ccccc1. The summed E-state index contributed by atoms with van der Waals surface area (Å²) in [4.78, 5) is 3.76. The smallest absolute Gasteiger partial charge is 0.341 e. The monoisotopic (exact) mass is 269 g/mol. The van der Waals surface area contributed by atoms with Gasteiger partial charge in [0.25, 0.3) is 0 Å². The summed E-state index contributed by atoms with van der Waals surface area (Å²) in [5, 5.41) is 3.71. The van der Waals surface area contributed by atoms with E-state index in [1.165, 1.54) is 12.1 Å². The highest BCUT2D eigenvalue weighted by molar-refractivity contribution is 7.86. The number of benzene rings is 1. The summed E-state index contributed by atoms with van der Waals surface area (Å²) < 4.78 is 28.4. The van der Waals surface area contributed by atoms with Crippen LogP contribution in [0.1, 0.15) is 0 Å². The van der Waals surface area contributed by atoms with Gasteiger partial charge in [0.2, 0.25) is 5.96 Å². The molecule has 1 aromatic rings. The summed E-state index contributed by atoms with van der Waals surface area (Å²) in [7, 11) is -0.167. The summed E-state index contributed by atoms with van der Waals surface area (Å²) in [5.41, 5.74) is 0. The van der Waals surface area contributed by atoms with Gasteiger partial charge in [0.15, 0.2) is 0 Å². The molecule has 0 N–H and O–H groups in total. The van der Waals surface area contributed by atoms with E-state index in [-0.39, 0.29) is 4.90 Å². The molecule has 0 unspecified atom stereocenters. The molecule has 0 aliphatic carbocycles. The summed E-state index contributed by atoms with van der Waals surface area (Å²) >= 11 is 0. The molecular formula is C11H15N3O3S. The quantitative estimate of drug-likeness (QED) is 0.749. The molecule has 0 atom stereocenters. The Morgan fingerprint density at radius 1 is 1.11 bits per heavy atom. The second-order valence-corrected chi connectivity index (χ2v) is 5.60. The molecule has 7 heteroatoms. The lowest BCUT2D eigenvalue weighted by Gasteiger charge is -2.14. The number of oxime groups is 1. The van der Waals surface area contributed by atoms with Crippen LogP contribution in [0.25, 0.3) is 0 Å². The first-order valence-electron chi connectivity index (χ1n) is 5.50. The van der Waals surface area contributed by atoms with Crippen molar-refractivity contribution in [1.82, 2.24) is 9.80 Å². The van der Waals surface area contributed by atoms with Crippen LogP contribution in [0, 0.1) is 0 Å². The van der Waals surface area contributed by atoms with E-state index >= 15 is 0 Å². The molecule has 0 aromatic heterocycles. The zero-order chi connectivity index (χ0) is 13.2. The predicted octanol–water partition coefficient (Wildman–Crippen LogP) is 0.540. The van der Waals surface area contributed by atoms with E-state index in [1.54, 1.807) is 18.2 Å². The molecule has 2 rings (SSSR count). The van der Waals surface area contributed by atoms with Gasteiger partial charge in [-0.15, -0.1) is 0 Å². The van der Waals surface area contributed by atoms with Crippen molar-refractivity contribution in [1.29, 1.82) is 0 Å².